The molecule has 0 heterocycles. The van der Waals surface area contributed by atoms with Crippen LogP contribution in [0, 0.1) is 10.8 Å². The average Bonchev–Trinajstić information content (AvgIpc) is 2.61. The molecule has 116 valence electrons. The van der Waals surface area contributed by atoms with Crippen molar-refractivity contribution in [1.29, 1.82) is 0 Å². The number of hydrogen-bond acceptors (Lipinski definition) is 4. The highest BCUT2D eigenvalue weighted by atomic mass is 16.4. The number of carboxylic acids is 1. The van der Waals surface area contributed by atoms with Gasteiger partial charge in [-0.3, -0.25) is 0 Å². The fourth-order valence-electron chi connectivity index (χ4n) is 3.42. The van der Waals surface area contributed by atoms with Crippen LogP contribution in [0.1, 0.15) is 51.7 Å². The summed E-state index contributed by atoms with van der Waals surface area (Å²) >= 11 is 0. The van der Waals surface area contributed by atoms with Crippen molar-refractivity contribution >= 4 is 5.97 Å². The molecule has 2 N–H and O–H groups in total. The standard InChI is InChI=1S/C17H24O4/c1-15(2)16(3,14(19)20)9-10-17(15,21)11-13(18)12-7-5-4-6-8-12/h4-8,13,18,21H,9-11H2,1-3H3,(H,19,20)/p-1/t13-,16+,17+/m0/s1. The molecule has 0 radical (unpaired) electrons. The lowest BCUT2D eigenvalue weighted by Crippen LogP contribution is -2.54. The maximum atomic E-state index is 11.5. The van der Waals surface area contributed by atoms with E-state index in [-0.39, 0.29) is 6.42 Å². The molecule has 0 saturated heterocycles. The van der Waals surface area contributed by atoms with Gasteiger partial charge in [0.05, 0.1) is 11.7 Å². The topological polar surface area (TPSA) is 80.6 Å². The predicted octanol–water partition coefficient (Wildman–Crippen LogP) is 1.42. The molecular formula is C17H23O4-. The van der Waals surface area contributed by atoms with E-state index in [0.29, 0.717) is 12.8 Å². The molecule has 0 unspecified atom stereocenters. The van der Waals surface area contributed by atoms with Crippen LogP contribution in [-0.4, -0.2) is 21.8 Å². The number of rotatable bonds is 4. The van der Waals surface area contributed by atoms with E-state index < -0.39 is 28.5 Å². The monoisotopic (exact) mass is 291 g/mol. The number of carbonyl (C=O) groups is 1. The molecule has 0 bridgehead atoms. The van der Waals surface area contributed by atoms with Crippen molar-refractivity contribution in [3.8, 4) is 0 Å². The Hall–Kier alpha value is -1.39. The smallest absolute Gasteiger partial charge is 0.0817 e. The van der Waals surface area contributed by atoms with Crippen molar-refractivity contribution in [2.24, 2.45) is 10.8 Å². The van der Waals surface area contributed by atoms with Crippen LogP contribution in [0.2, 0.25) is 0 Å². The van der Waals surface area contributed by atoms with Crippen molar-refractivity contribution < 1.29 is 20.1 Å². The Kier molecular flexibility index (Phi) is 3.89. The quantitative estimate of drug-likeness (QED) is 0.879. The summed E-state index contributed by atoms with van der Waals surface area (Å²) in [4.78, 5) is 11.5. The maximum Gasteiger partial charge on any atom is 0.0817 e. The molecule has 1 aromatic rings. The molecule has 0 spiro atoms. The van der Waals surface area contributed by atoms with Crippen molar-refractivity contribution in [3.63, 3.8) is 0 Å². The summed E-state index contributed by atoms with van der Waals surface area (Å²) in [5.74, 6) is -1.14. The van der Waals surface area contributed by atoms with Gasteiger partial charge in [0.1, 0.15) is 0 Å². The molecule has 2 rings (SSSR count). The van der Waals surface area contributed by atoms with E-state index in [4.69, 9.17) is 0 Å². The Balaban J connectivity index is 2.26. The Morgan fingerprint density at radius 1 is 1.24 bits per heavy atom. The van der Waals surface area contributed by atoms with Crippen LogP contribution in [-0.2, 0) is 4.79 Å². The summed E-state index contributed by atoms with van der Waals surface area (Å²) in [5, 5.41) is 32.8. The number of aliphatic hydroxyl groups excluding tert-OH is 1. The van der Waals surface area contributed by atoms with Gasteiger partial charge in [-0.1, -0.05) is 51.1 Å². The summed E-state index contributed by atoms with van der Waals surface area (Å²) in [6.45, 7) is 5.11. The van der Waals surface area contributed by atoms with Crippen LogP contribution in [0.25, 0.3) is 0 Å². The maximum absolute atomic E-state index is 11.5. The zero-order chi connectivity index (χ0) is 15.9. The minimum atomic E-state index is -1.24. The van der Waals surface area contributed by atoms with E-state index in [1.807, 2.05) is 18.2 Å². The number of aliphatic carboxylic acids is 1. The zero-order valence-electron chi connectivity index (χ0n) is 12.8. The highest BCUT2D eigenvalue weighted by Crippen LogP contribution is 2.60. The molecule has 3 atom stereocenters. The molecule has 1 aliphatic carbocycles. The van der Waals surface area contributed by atoms with Crippen LogP contribution in [0.15, 0.2) is 30.3 Å². The molecule has 1 fully saturated rings. The number of aliphatic hydroxyl groups is 2. The van der Waals surface area contributed by atoms with Gasteiger partial charge in [0, 0.05) is 23.2 Å². The second-order valence-corrected chi connectivity index (χ2v) is 6.91. The molecule has 0 aromatic heterocycles. The number of hydrogen-bond donors (Lipinski definition) is 2. The summed E-state index contributed by atoms with van der Waals surface area (Å²) in [5.41, 5.74) is -2.49. The first-order chi connectivity index (χ1) is 9.64. The van der Waals surface area contributed by atoms with Gasteiger partial charge in [0.15, 0.2) is 0 Å². The first-order valence-corrected chi connectivity index (χ1v) is 7.31. The highest BCUT2D eigenvalue weighted by Gasteiger charge is 2.60. The third kappa shape index (κ3) is 2.36. The van der Waals surface area contributed by atoms with Crippen LogP contribution in [0.3, 0.4) is 0 Å². The molecule has 1 aromatic carbocycles. The van der Waals surface area contributed by atoms with Crippen LogP contribution >= 0.6 is 0 Å². The summed E-state index contributed by atoms with van der Waals surface area (Å²) < 4.78 is 0. The third-order valence-corrected chi connectivity index (χ3v) is 5.75. The van der Waals surface area contributed by atoms with Crippen molar-refractivity contribution in [1.82, 2.24) is 0 Å². The molecular weight excluding hydrogens is 268 g/mol. The molecule has 1 aliphatic rings. The van der Waals surface area contributed by atoms with E-state index in [0.717, 1.165) is 5.56 Å². The highest BCUT2D eigenvalue weighted by molar-refractivity contribution is 5.74. The average molecular weight is 291 g/mol. The first kappa shape index (κ1) is 16.0. The predicted molar refractivity (Wildman–Crippen MR) is 77.1 cm³/mol. The van der Waals surface area contributed by atoms with Gasteiger partial charge in [-0.05, 0) is 18.4 Å². The summed E-state index contributed by atoms with van der Waals surface area (Å²) in [6.07, 6.45) is -0.0127. The van der Waals surface area contributed by atoms with Crippen LogP contribution in [0.5, 0.6) is 0 Å². The Morgan fingerprint density at radius 3 is 2.29 bits per heavy atom. The van der Waals surface area contributed by atoms with E-state index in [2.05, 4.69) is 0 Å². The molecule has 4 heteroatoms. The largest absolute Gasteiger partial charge is 0.550 e. The van der Waals surface area contributed by atoms with Gasteiger partial charge in [-0.25, -0.2) is 0 Å². The van der Waals surface area contributed by atoms with Crippen molar-refractivity contribution in [2.45, 2.75) is 51.7 Å². The second kappa shape index (κ2) is 5.11. The zero-order valence-corrected chi connectivity index (χ0v) is 12.8. The number of carboxylic acid groups (broad SMARTS) is 1. The summed E-state index contributed by atoms with van der Waals surface area (Å²) in [7, 11) is 0. The van der Waals surface area contributed by atoms with Gasteiger partial charge in [0.2, 0.25) is 0 Å². The number of carbonyl (C=O) groups excluding carboxylic acids is 1. The van der Waals surface area contributed by atoms with E-state index in [1.165, 1.54) is 0 Å². The lowest BCUT2D eigenvalue weighted by Gasteiger charge is -2.47. The molecule has 0 amide bonds. The minimum Gasteiger partial charge on any atom is -0.550 e. The fraction of sp³-hybridized carbons (Fsp3) is 0.588. The van der Waals surface area contributed by atoms with E-state index in [1.54, 1.807) is 32.9 Å². The second-order valence-electron chi connectivity index (χ2n) is 6.91. The van der Waals surface area contributed by atoms with Gasteiger partial charge >= 0.3 is 0 Å². The van der Waals surface area contributed by atoms with E-state index >= 15 is 0 Å². The van der Waals surface area contributed by atoms with Crippen molar-refractivity contribution in [2.75, 3.05) is 0 Å². The van der Waals surface area contributed by atoms with E-state index in [9.17, 15) is 20.1 Å². The van der Waals surface area contributed by atoms with Crippen molar-refractivity contribution in [3.05, 3.63) is 35.9 Å². The van der Waals surface area contributed by atoms with Crippen LogP contribution in [0.4, 0.5) is 0 Å². The normalized spacial score (nSPS) is 32.8. The Morgan fingerprint density at radius 2 is 1.81 bits per heavy atom. The van der Waals surface area contributed by atoms with Crippen LogP contribution < -0.4 is 5.11 Å². The third-order valence-electron chi connectivity index (χ3n) is 5.75. The minimum absolute atomic E-state index is 0.118. The Bertz CT molecular complexity index is 525. The molecule has 4 nitrogen and oxygen atoms in total. The molecule has 1 saturated carbocycles. The lowest BCUT2D eigenvalue weighted by molar-refractivity contribution is -0.325. The van der Waals surface area contributed by atoms with Gasteiger partial charge in [-0.2, -0.15) is 0 Å². The summed E-state index contributed by atoms with van der Waals surface area (Å²) in [6, 6.07) is 9.11. The van der Waals surface area contributed by atoms with Gasteiger partial charge in [0.25, 0.3) is 0 Å². The Labute approximate surface area is 125 Å². The molecule has 0 aliphatic heterocycles. The fourth-order valence-corrected chi connectivity index (χ4v) is 3.42. The molecule has 21 heavy (non-hydrogen) atoms. The van der Waals surface area contributed by atoms with Gasteiger partial charge < -0.3 is 20.1 Å². The lowest BCUT2D eigenvalue weighted by atomic mass is 9.62. The first-order valence-electron chi connectivity index (χ1n) is 7.31. The number of benzene rings is 1. The SMILES string of the molecule is CC1(C)[C@](O)(C[C@H](O)c2ccccc2)CC[C@]1(C)C(=O)[O-]. The van der Waals surface area contributed by atoms with Gasteiger partial charge in [-0.15, -0.1) is 0 Å².